The van der Waals surface area contributed by atoms with E-state index in [2.05, 4.69) is 6.07 Å². The van der Waals surface area contributed by atoms with Crippen molar-refractivity contribution in [1.82, 2.24) is 0 Å². The van der Waals surface area contributed by atoms with Crippen LogP contribution in [0.25, 0.3) is 10.1 Å². The van der Waals surface area contributed by atoms with Crippen LogP contribution in [-0.4, -0.2) is 6.26 Å². The number of benzene rings is 1. The summed E-state index contributed by atoms with van der Waals surface area (Å²) in [6.45, 7) is 0. The average molecular weight is 240 g/mol. The third kappa shape index (κ3) is 1.40. The van der Waals surface area contributed by atoms with Crippen LogP contribution in [0.3, 0.4) is 0 Å². The van der Waals surface area contributed by atoms with E-state index in [1.807, 2.05) is 23.8 Å². The average Bonchev–Trinajstić information content (AvgIpc) is 2.60. The Bertz CT molecular complexity index is 525. The quantitative estimate of drug-likeness (QED) is 0.698. The van der Waals surface area contributed by atoms with Crippen molar-refractivity contribution in [3.8, 4) is 6.07 Å². The molecule has 1 aromatic carbocycles. The summed E-state index contributed by atoms with van der Waals surface area (Å²) in [5, 5.41) is 12.4. The molecule has 0 atom stereocenters. The number of nitrogens with zero attached hydrogens (tertiary/aromatic N) is 1. The molecule has 14 heavy (non-hydrogen) atoms. The first-order chi connectivity index (χ1) is 6.77. The van der Waals surface area contributed by atoms with Crippen LogP contribution >= 0.6 is 34.7 Å². The lowest BCUT2D eigenvalue weighted by atomic mass is 10.1. The highest BCUT2D eigenvalue weighted by molar-refractivity contribution is 7.99. The van der Waals surface area contributed by atoms with Crippen molar-refractivity contribution in [2.45, 2.75) is 4.90 Å². The maximum atomic E-state index is 8.93. The molecule has 0 saturated heterocycles. The Kier molecular flexibility index (Phi) is 2.69. The number of hydrogen-bond acceptors (Lipinski definition) is 3. The van der Waals surface area contributed by atoms with E-state index in [1.165, 1.54) is 4.90 Å². The van der Waals surface area contributed by atoms with Crippen LogP contribution in [0.4, 0.5) is 0 Å². The van der Waals surface area contributed by atoms with Gasteiger partial charge in [-0.05, 0) is 18.4 Å². The first-order valence-electron chi connectivity index (χ1n) is 3.91. The molecular formula is C10H6ClNS2. The lowest BCUT2D eigenvalue weighted by molar-refractivity contribution is 1.49. The Morgan fingerprint density at radius 1 is 1.50 bits per heavy atom. The molecule has 0 unspecified atom stereocenters. The summed E-state index contributed by atoms with van der Waals surface area (Å²) >= 11 is 9.30. The van der Waals surface area contributed by atoms with Crippen LogP contribution < -0.4 is 0 Å². The minimum atomic E-state index is 0.657. The number of halogens is 1. The van der Waals surface area contributed by atoms with Gasteiger partial charge in [-0.15, -0.1) is 23.1 Å². The van der Waals surface area contributed by atoms with Gasteiger partial charge in [0.1, 0.15) is 0 Å². The standard InChI is InChI=1S/C10H6ClNS2/c1-13-8-3-2-6(4-12)9-7(11)5-14-10(8)9/h2-3,5H,1H3. The molecule has 0 saturated carbocycles. The maximum absolute atomic E-state index is 8.93. The normalized spacial score (nSPS) is 10.4. The summed E-state index contributed by atoms with van der Waals surface area (Å²) in [4.78, 5) is 1.18. The van der Waals surface area contributed by atoms with Crippen molar-refractivity contribution >= 4 is 44.8 Å². The molecule has 0 radical (unpaired) electrons. The first kappa shape index (κ1) is 9.85. The Balaban J connectivity index is 2.89. The molecule has 1 nitrogen and oxygen atoms in total. The molecule has 2 rings (SSSR count). The molecule has 0 aliphatic heterocycles. The van der Waals surface area contributed by atoms with E-state index in [1.54, 1.807) is 23.1 Å². The van der Waals surface area contributed by atoms with Crippen molar-refractivity contribution in [3.63, 3.8) is 0 Å². The SMILES string of the molecule is CSc1ccc(C#N)c2c(Cl)csc12. The van der Waals surface area contributed by atoms with Gasteiger partial charge in [-0.3, -0.25) is 0 Å². The second-order valence-electron chi connectivity index (χ2n) is 2.71. The highest BCUT2D eigenvalue weighted by Crippen LogP contribution is 2.38. The van der Waals surface area contributed by atoms with Gasteiger partial charge in [-0.25, -0.2) is 0 Å². The van der Waals surface area contributed by atoms with Gasteiger partial charge in [-0.1, -0.05) is 11.6 Å². The Morgan fingerprint density at radius 2 is 2.29 bits per heavy atom. The van der Waals surface area contributed by atoms with Gasteiger partial charge in [-0.2, -0.15) is 5.26 Å². The van der Waals surface area contributed by atoms with E-state index >= 15 is 0 Å². The molecule has 0 bridgehead atoms. The number of rotatable bonds is 1. The zero-order chi connectivity index (χ0) is 10.1. The van der Waals surface area contributed by atoms with Crippen LogP contribution in [0.5, 0.6) is 0 Å². The fraction of sp³-hybridized carbons (Fsp3) is 0.100. The monoisotopic (exact) mass is 239 g/mol. The van der Waals surface area contributed by atoms with Gasteiger partial charge in [0.25, 0.3) is 0 Å². The van der Waals surface area contributed by atoms with E-state index < -0.39 is 0 Å². The van der Waals surface area contributed by atoms with Crippen LogP contribution in [0, 0.1) is 11.3 Å². The summed E-state index contributed by atoms with van der Waals surface area (Å²) in [5.74, 6) is 0. The number of nitriles is 1. The minimum absolute atomic E-state index is 0.657. The Labute approximate surface area is 95.3 Å². The van der Waals surface area contributed by atoms with E-state index in [-0.39, 0.29) is 0 Å². The summed E-state index contributed by atoms with van der Waals surface area (Å²) < 4.78 is 1.11. The van der Waals surface area contributed by atoms with E-state index in [0.717, 1.165) is 10.1 Å². The second-order valence-corrected chi connectivity index (χ2v) is 4.85. The molecule has 0 spiro atoms. The van der Waals surface area contributed by atoms with Crippen LogP contribution in [0.1, 0.15) is 5.56 Å². The molecule has 0 fully saturated rings. The number of thioether (sulfide) groups is 1. The zero-order valence-corrected chi connectivity index (χ0v) is 9.76. The van der Waals surface area contributed by atoms with Crippen molar-refractivity contribution in [2.75, 3.05) is 6.26 Å². The second kappa shape index (κ2) is 3.82. The fourth-order valence-electron chi connectivity index (χ4n) is 1.34. The smallest absolute Gasteiger partial charge is 0.0999 e. The molecule has 1 aromatic heterocycles. The van der Waals surface area contributed by atoms with Crippen molar-refractivity contribution < 1.29 is 0 Å². The maximum Gasteiger partial charge on any atom is 0.0999 e. The lowest BCUT2D eigenvalue weighted by Gasteiger charge is -2.00. The highest BCUT2D eigenvalue weighted by Gasteiger charge is 2.10. The van der Waals surface area contributed by atoms with E-state index in [9.17, 15) is 0 Å². The number of hydrogen-bond donors (Lipinski definition) is 0. The minimum Gasteiger partial charge on any atom is -0.192 e. The summed E-state index contributed by atoms with van der Waals surface area (Å²) in [6, 6.07) is 5.96. The molecule has 70 valence electrons. The third-order valence-corrected chi connectivity index (χ3v) is 4.33. The predicted octanol–water partition coefficient (Wildman–Crippen LogP) is 4.15. The Hall–Kier alpha value is -0.690. The van der Waals surface area contributed by atoms with Gasteiger partial charge in [0, 0.05) is 15.7 Å². The van der Waals surface area contributed by atoms with Crippen molar-refractivity contribution in [3.05, 3.63) is 28.1 Å². The topological polar surface area (TPSA) is 23.8 Å². The molecule has 1 heterocycles. The lowest BCUT2D eigenvalue weighted by Crippen LogP contribution is -1.78. The van der Waals surface area contributed by atoms with Gasteiger partial charge >= 0.3 is 0 Å². The number of thiophene rings is 1. The van der Waals surface area contributed by atoms with E-state index in [4.69, 9.17) is 16.9 Å². The van der Waals surface area contributed by atoms with Gasteiger partial charge in [0.15, 0.2) is 0 Å². The largest absolute Gasteiger partial charge is 0.192 e. The van der Waals surface area contributed by atoms with Crippen LogP contribution in [0.15, 0.2) is 22.4 Å². The van der Waals surface area contributed by atoms with Crippen LogP contribution in [0.2, 0.25) is 5.02 Å². The highest BCUT2D eigenvalue weighted by atomic mass is 35.5. The third-order valence-electron chi connectivity index (χ3n) is 1.98. The first-order valence-corrected chi connectivity index (χ1v) is 6.40. The molecule has 0 aliphatic carbocycles. The molecule has 0 amide bonds. The molecule has 0 N–H and O–H groups in total. The predicted molar refractivity (Wildman–Crippen MR) is 63.3 cm³/mol. The van der Waals surface area contributed by atoms with Gasteiger partial charge in [0.2, 0.25) is 0 Å². The van der Waals surface area contributed by atoms with Crippen molar-refractivity contribution in [1.29, 1.82) is 5.26 Å². The van der Waals surface area contributed by atoms with E-state index in [0.29, 0.717) is 10.6 Å². The Morgan fingerprint density at radius 3 is 2.93 bits per heavy atom. The zero-order valence-electron chi connectivity index (χ0n) is 7.37. The molecular weight excluding hydrogens is 234 g/mol. The summed E-state index contributed by atoms with van der Waals surface area (Å²) in [6.07, 6.45) is 2.02. The number of fused-ring (bicyclic) bond motifs is 1. The fourth-order valence-corrected chi connectivity index (χ4v) is 3.47. The molecule has 4 heteroatoms. The van der Waals surface area contributed by atoms with Crippen LogP contribution in [-0.2, 0) is 0 Å². The van der Waals surface area contributed by atoms with Gasteiger partial charge < -0.3 is 0 Å². The summed E-state index contributed by atoms with van der Waals surface area (Å²) in [5.41, 5.74) is 0.657. The summed E-state index contributed by atoms with van der Waals surface area (Å²) in [7, 11) is 0. The molecule has 2 aromatic rings. The van der Waals surface area contributed by atoms with Crippen molar-refractivity contribution in [2.24, 2.45) is 0 Å². The van der Waals surface area contributed by atoms with Gasteiger partial charge in [0.05, 0.1) is 21.4 Å². The molecule has 0 aliphatic rings.